The number of carbonyl (C=O) groups excluding carboxylic acids is 2. The lowest BCUT2D eigenvalue weighted by atomic mass is 10.2. The van der Waals surface area contributed by atoms with E-state index in [-0.39, 0.29) is 30.5 Å². The summed E-state index contributed by atoms with van der Waals surface area (Å²) in [6, 6.07) is 12.8. The van der Waals surface area contributed by atoms with Gasteiger partial charge in [0.15, 0.2) is 5.69 Å². The van der Waals surface area contributed by atoms with E-state index >= 15 is 0 Å². The molecule has 8 nitrogen and oxygen atoms in total. The number of methoxy groups -OCH3 is 1. The molecular formula is C20H20FN5O3. The van der Waals surface area contributed by atoms with Gasteiger partial charge in [-0.2, -0.15) is 0 Å². The molecule has 29 heavy (non-hydrogen) atoms. The number of ether oxygens (including phenoxy) is 1. The third-order valence-electron chi connectivity index (χ3n) is 4.25. The summed E-state index contributed by atoms with van der Waals surface area (Å²) >= 11 is 0. The SMILES string of the molecule is COc1ccccc1NC(=O)c1nnn(CC(=O)NCc2ccc(F)cc2)c1C. The first kappa shape index (κ1) is 20.0. The van der Waals surface area contributed by atoms with Crippen molar-refractivity contribution >= 4 is 17.5 Å². The summed E-state index contributed by atoms with van der Waals surface area (Å²) in [5.74, 6) is -0.577. The van der Waals surface area contributed by atoms with Gasteiger partial charge in [-0.15, -0.1) is 5.10 Å². The Kier molecular flexibility index (Phi) is 6.18. The molecular weight excluding hydrogens is 377 g/mol. The minimum atomic E-state index is -0.454. The highest BCUT2D eigenvalue weighted by Crippen LogP contribution is 2.23. The first-order valence-corrected chi connectivity index (χ1v) is 8.83. The number of hydrogen-bond donors (Lipinski definition) is 2. The van der Waals surface area contributed by atoms with Gasteiger partial charge in [-0.1, -0.05) is 29.5 Å². The molecule has 2 amide bonds. The summed E-state index contributed by atoms with van der Waals surface area (Å²) < 4.78 is 19.5. The minimum absolute atomic E-state index is 0.0953. The first-order valence-electron chi connectivity index (χ1n) is 8.83. The van der Waals surface area contributed by atoms with Gasteiger partial charge in [0, 0.05) is 6.54 Å². The number of rotatable bonds is 7. The summed E-state index contributed by atoms with van der Waals surface area (Å²) in [6.07, 6.45) is 0. The molecule has 0 aliphatic carbocycles. The zero-order valence-electron chi connectivity index (χ0n) is 16.0. The van der Waals surface area contributed by atoms with Crippen LogP contribution in [0.25, 0.3) is 0 Å². The molecule has 0 aliphatic heterocycles. The summed E-state index contributed by atoms with van der Waals surface area (Å²) in [6.45, 7) is 1.82. The summed E-state index contributed by atoms with van der Waals surface area (Å²) in [5, 5.41) is 13.2. The number of carbonyl (C=O) groups is 2. The zero-order valence-corrected chi connectivity index (χ0v) is 16.0. The molecule has 0 saturated heterocycles. The molecule has 3 rings (SSSR count). The average Bonchev–Trinajstić information content (AvgIpc) is 3.08. The molecule has 0 spiro atoms. The van der Waals surface area contributed by atoms with Crippen LogP contribution in [0.3, 0.4) is 0 Å². The van der Waals surface area contributed by atoms with Crippen molar-refractivity contribution in [3.63, 3.8) is 0 Å². The van der Waals surface area contributed by atoms with Crippen molar-refractivity contribution in [1.82, 2.24) is 20.3 Å². The van der Waals surface area contributed by atoms with E-state index in [1.165, 1.54) is 23.9 Å². The molecule has 0 radical (unpaired) electrons. The van der Waals surface area contributed by atoms with Crippen LogP contribution in [0.15, 0.2) is 48.5 Å². The molecule has 3 aromatic rings. The quantitative estimate of drug-likeness (QED) is 0.638. The van der Waals surface area contributed by atoms with Crippen molar-refractivity contribution < 1.29 is 18.7 Å². The monoisotopic (exact) mass is 397 g/mol. The number of nitrogens with zero attached hydrogens (tertiary/aromatic N) is 3. The smallest absolute Gasteiger partial charge is 0.278 e. The van der Waals surface area contributed by atoms with Gasteiger partial charge >= 0.3 is 0 Å². The molecule has 0 aliphatic rings. The van der Waals surface area contributed by atoms with Crippen LogP contribution in [0.2, 0.25) is 0 Å². The van der Waals surface area contributed by atoms with Crippen molar-refractivity contribution in [2.75, 3.05) is 12.4 Å². The van der Waals surface area contributed by atoms with E-state index in [4.69, 9.17) is 4.74 Å². The molecule has 2 N–H and O–H groups in total. The molecule has 0 unspecified atom stereocenters. The van der Waals surface area contributed by atoms with Crippen LogP contribution < -0.4 is 15.4 Å². The maximum Gasteiger partial charge on any atom is 0.278 e. The van der Waals surface area contributed by atoms with E-state index in [9.17, 15) is 14.0 Å². The highest BCUT2D eigenvalue weighted by molar-refractivity contribution is 6.04. The molecule has 1 heterocycles. The van der Waals surface area contributed by atoms with Gasteiger partial charge < -0.3 is 15.4 Å². The maximum absolute atomic E-state index is 12.9. The lowest BCUT2D eigenvalue weighted by molar-refractivity contribution is -0.122. The van der Waals surface area contributed by atoms with Crippen molar-refractivity contribution in [3.8, 4) is 5.75 Å². The topological polar surface area (TPSA) is 98.1 Å². The van der Waals surface area contributed by atoms with Crippen LogP contribution in [0, 0.1) is 12.7 Å². The fourth-order valence-electron chi connectivity index (χ4n) is 2.64. The third kappa shape index (κ3) is 4.95. The molecule has 2 aromatic carbocycles. The standard InChI is InChI=1S/C20H20FN5O3/c1-13-19(20(28)23-16-5-3-4-6-17(16)29-2)24-25-26(13)12-18(27)22-11-14-7-9-15(21)10-8-14/h3-10H,11-12H2,1-2H3,(H,22,27)(H,23,28). The second-order valence-electron chi connectivity index (χ2n) is 6.24. The minimum Gasteiger partial charge on any atom is -0.495 e. The Labute approximate surface area is 166 Å². The number of nitrogens with one attached hydrogen (secondary N) is 2. The fraction of sp³-hybridized carbons (Fsp3) is 0.200. The Hall–Kier alpha value is -3.75. The molecule has 0 bridgehead atoms. The van der Waals surface area contributed by atoms with E-state index < -0.39 is 5.91 Å². The van der Waals surface area contributed by atoms with E-state index in [1.54, 1.807) is 43.3 Å². The molecule has 1 aromatic heterocycles. The summed E-state index contributed by atoms with van der Waals surface area (Å²) in [5.41, 5.74) is 1.84. The summed E-state index contributed by atoms with van der Waals surface area (Å²) in [7, 11) is 1.51. The van der Waals surface area contributed by atoms with Crippen LogP contribution in [0.1, 0.15) is 21.7 Å². The average molecular weight is 397 g/mol. The highest BCUT2D eigenvalue weighted by Gasteiger charge is 2.19. The van der Waals surface area contributed by atoms with Crippen LogP contribution in [0.4, 0.5) is 10.1 Å². The van der Waals surface area contributed by atoms with E-state index in [2.05, 4.69) is 20.9 Å². The number of amides is 2. The predicted octanol–water partition coefficient (Wildman–Crippen LogP) is 2.30. The van der Waals surface area contributed by atoms with Gasteiger partial charge in [0.1, 0.15) is 18.1 Å². The number of aromatic nitrogens is 3. The van der Waals surface area contributed by atoms with Crippen LogP contribution in [-0.4, -0.2) is 33.9 Å². The second-order valence-corrected chi connectivity index (χ2v) is 6.24. The highest BCUT2D eigenvalue weighted by atomic mass is 19.1. The Morgan fingerprint density at radius 3 is 2.59 bits per heavy atom. The number of para-hydroxylation sites is 2. The second kappa shape index (κ2) is 8.96. The fourth-order valence-corrected chi connectivity index (χ4v) is 2.64. The Bertz CT molecular complexity index is 1020. The van der Waals surface area contributed by atoms with Gasteiger partial charge in [0.2, 0.25) is 5.91 Å². The van der Waals surface area contributed by atoms with Gasteiger partial charge in [-0.3, -0.25) is 9.59 Å². The Balaban J connectivity index is 1.61. The Morgan fingerprint density at radius 1 is 1.14 bits per heavy atom. The number of benzene rings is 2. The zero-order chi connectivity index (χ0) is 20.8. The van der Waals surface area contributed by atoms with Crippen molar-refractivity contribution in [1.29, 1.82) is 0 Å². The van der Waals surface area contributed by atoms with Crippen LogP contribution in [0.5, 0.6) is 5.75 Å². The molecule has 0 saturated carbocycles. The van der Waals surface area contributed by atoms with Gasteiger partial charge in [0.25, 0.3) is 5.91 Å². The first-order chi connectivity index (χ1) is 14.0. The van der Waals surface area contributed by atoms with E-state index in [1.807, 2.05) is 0 Å². The maximum atomic E-state index is 12.9. The molecule has 0 atom stereocenters. The van der Waals surface area contributed by atoms with Gasteiger partial charge in [0.05, 0.1) is 18.5 Å². The van der Waals surface area contributed by atoms with Crippen molar-refractivity contribution in [2.24, 2.45) is 0 Å². The predicted molar refractivity (Wildman–Crippen MR) is 104 cm³/mol. The van der Waals surface area contributed by atoms with Crippen molar-refractivity contribution in [3.05, 3.63) is 71.3 Å². The van der Waals surface area contributed by atoms with Crippen LogP contribution >= 0.6 is 0 Å². The van der Waals surface area contributed by atoms with Gasteiger partial charge in [-0.05, 0) is 36.8 Å². The van der Waals surface area contributed by atoms with Crippen molar-refractivity contribution in [2.45, 2.75) is 20.0 Å². The van der Waals surface area contributed by atoms with Crippen LogP contribution in [-0.2, 0) is 17.9 Å². The number of hydrogen-bond acceptors (Lipinski definition) is 5. The Morgan fingerprint density at radius 2 is 1.86 bits per heavy atom. The molecule has 0 fully saturated rings. The molecule has 9 heteroatoms. The van der Waals surface area contributed by atoms with E-state index in [0.29, 0.717) is 17.1 Å². The largest absolute Gasteiger partial charge is 0.495 e. The number of halogens is 1. The normalized spacial score (nSPS) is 10.4. The summed E-state index contributed by atoms with van der Waals surface area (Å²) in [4.78, 5) is 24.7. The van der Waals surface area contributed by atoms with E-state index in [0.717, 1.165) is 5.56 Å². The number of anilines is 1. The lowest BCUT2D eigenvalue weighted by Gasteiger charge is -2.09. The van der Waals surface area contributed by atoms with Gasteiger partial charge in [-0.25, -0.2) is 9.07 Å². The molecule has 150 valence electrons. The lowest BCUT2D eigenvalue weighted by Crippen LogP contribution is -2.28. The third-order valence-corrected chi connectivity index (χ3v) is 4.25.